The molecule has 6 rings (SSSR count). The van der Waals surface area contributed by atoms with Gasteiger partial charge in [0.15, 0.2) is 11.3 Å². The third-order valence-electron chi connectivity index (χ3n) is 7.33. The third kappa shape index (κ3) is 3.62. The van der Waals surface area contributed by atoms with Crippen molar-refractivity contribution >= 4 is 28.3 Å². The Morgan fingerprint density at radius 3 is 2.75 bits per heavy atom. The molecule has 0 aromatic carbocycles. The van der Waals surface area contributed by atoms with Crippen molar-refractivity contribution in [3.63, 3.8) is 0 Å². The molecular weight excluding hydrogens is 462 g/mol. The van der Waals surface area contributed by atoms with E-state index in [9.17, 15) is 4.79 Å². The summed E-state index contributed by atoms with van der Waals surface area (Å²) in [6.45, 7) is 1.08. The average Bonchev–Trinajstić information content (AvgIpc) is 3.62. The summed E-state index contributed by atoms with van der Waals surface area (Å²) in [6.07, 6.45) is 7.19. The van der Waals surface area contributed by atoms with E-state index in [1.54, 1.807) is 31.1 Å². The van der Waals surface area contributed by atoms with E-state index in [4.69, 9.17) is 19.3 Å². The highest BCUT2D eigenvalue weighted by molar-refractivity contribution is 5.96. The lowest BCUT2D eigenvalue weighted by Gasteiger charge is -2.35. The van der Waals surface area contributed by atoms with Crippen LogP contribution in [0.2, 0.25) is 0 Å². The predicted octanol–water partition coefficient (Wildman–Crippen LogP) is 2.28. The Kier molecular flexibility index (Phi) is 5.82. The van der Waals surface area contributed by atoms with Gasteiger partial charge in [-0.2, -0.15) is 5.10 Å². The first kappa shape index (κ1) is 22.9. The van der Waals surface area contributed by atoms with Crippen LogP contribution < -0.4 is 10.6 Å². The SMILES string of the molecule is CNc1cc(-c2cn([C@@H]3COC[C@H]3OC)c3ncccc23)nn2c(C(=O)N[C@@H]3CC[C@H]3OC)cnc12. The molecular formula is C25H29N7O4. The zero-order valence-corrected chi connectivity index (χ0v) is 20.5. The number of anilines is 1. The van der Waals surface area contributed by atoms with E-state index in [-0.39, 0.29) is 30.2 Å². The highest BCUT2D eigenvalue weighted by Gasteiger charge is 2.34. The second kappa shape index (κ2) is 9.16. The van der Waals surface area contributed by atoms with E-state index >= 15 is 0 Å². The van der Waals surface area contributed by atoms with E-state index in [1.165, 1.54) is 0 Å². The maximum absolute atomic E-state index is 13.2. The molecule has 1 amide bonds. The van der Waals surface area contributed by atoms with Gasteiger partial charge in [0.2, 0.25) is 0 Å². The number of rotatable bonds is 7. The summed E-state index contributed by atoms with van der Waals surface area (Å²) in [6, 6.07) is 5.88. The predicted molar refractivity (Wildman–Crippen MR) is 133 cm³/mol. The fraction of sp³-hybridized carbons (Fsp3) is 0.440. The van der Waals surface area contributed by atoms with Crippen molar-refractivity contribution in [2.45, 2.75) is 37.1 Å². The number of ether oxygens (including phenoxy) is 3. The Hall–Kier alpha value is -3.54. The van der Waals surface area contributed by atoms with Gasteiger partial charge < -0.3 is 29.4 Å². The second-order valence-electron chi connectivity index (χ2n) is 9.21. The summed E-state index contributed by atoms with van der Waals surface area (Å²) < 4.78 is 20.5. The number of imidazole rings is 1. The highest BCUT2D eigenvalue weighted by atomic mass is 16.5. The monoisotopic (exact) mass is 491 g/mol. The first-order valence-electron chi connectivity index (χ1n) is 12.1. The molecule has 0 spiro atoms. The maximum Gasteiger partial charge on any atom is 0.271 e. The number of carbonyl (C=O) groups excluding carboxylic acids is 1. The average molecular weight is 492 g/mol. The number of hydrogen-bond acceptors (Lipinski definition) is 8. The summed E-state index contributed by atoms with van der Waals surface area (Å²) in [4.78, 5) is 22.3. The molecule has 1 aliphatic heterocycles. The summed E-state index contributed by atoms with van der Waals surface area (Å²) in [5.41, 5.74) is 4.14. The van der Waals surface area contributed by atoms with Crippen molar-refractivity contribution in [2.24, 2.45) is 0 Å². The molecule has 36 heavy (non-hydrogen) atoms. The summed E-state index contributed by atoms with van der Waals surface area (Å²) in [7, 11) is 5.20. The number of aromatic nitrogens is 5. The van der Waals surface area contributed by atoms with Gasteiger partial charge >= 0.3 is 0 Å². The molecule has 0 radical (unpaired) electrons. The number of amides is 1. The summed E-state index contributed by atoms with van der Waals surface area (Å²) in [5.74, 6) is -0.226. The van der Waals surface area contributed by atoms with Gasteiger partial charge in [-0.1, -0.05) is 0 Å². The zero-order chi connectivity index (χ0) is 24.8. The van der Waals surface area contributed by atoms with E-state index in [0.717, 1.165) is 35.1 Å². The van der Waals surface area contributed by atoms with Gasteiger partial charge in [-0.25, -0.2) is 14.5 Å². The van der Waals surface area contributed by atoms with Crippen LogP contribution in [-0.2, 0) is 14.2 Å². The number of nitrogens with zero attached hydrogens (tertiary/aromatic N) is 5. The molecule has 11 heteroatoms. The lowest BCUT2D eigenvalue weighted by Crippen LogP contribution is -2.51. The summed E-state index contributed by atoms with van der Waals surface area (Å²) in [5, 5.41) is 12.1. The minimum atomic E-state index is -0.226. The van der Waals surface area contributed by atoms with Crippen LogP contribution in [0.1, 0.15) is 29.4 Å². The van der Waals surface area contributed by atoms with E-state index in [1.807, 2.05) is 31.4 Å². The third-order valence-corrected chi connectivity index (χ3v) is 7.33. The Labute approximate surface area is 207 Å². The number of pyridine rings is 1. The van der Waals surface area contributed by atoms with Crippen LogP contribution >= 0.6 is 0 Å². The first-order valence-corrected chi connectivity index (χ1v) is 12.1. The number of methoxy groups -OCH3 is 2. The van der Waals surface area contributed by atoms with Crippen LogP contribution in [0.4, 0.5) is 5.69 Å². The molecule has 1 saturated carbocycles. The van der Waals surface area contributed by atoms with Gasteiger partial charge in [0.1, 0.15) is 11.8 Å². The molecule has 5 heterocycles. The molecule has 2 N–H and O–H groups in total. The maximum atomic E-state index is 13.2. The van der Waals surface area contributed by atoms with E-state index < -0.39 is 0 Å². The largest absolute Gasteiger partial charge is 0.385 e. The Morgan fingerprint density at radius 1 is 1.14 bits per heavy atom. The number of nitrogens with one attached hydrogen (secondary N) is 2. The lowest BCUT2D eigenvalue weighted by atomic mass is 9.89. The standard InChI is InChI=1S/C25H29N7O4/c1-26-18-9-17(30-32-19(10-28-24(18)32)25(33)29-16-6-7-21(16)34-2)15-11-31(20-12-36-13-22(20)35-3)23-14(15)5-4-8-27-23/h4-5,8-11,16,20-22,26H,6-7,12-13H2,1-3H3,(H,29,33)/t16-,20-,21-,22-/m1/s1. The summed E-state index contributed by atoms with van der Waals surface area (Å²) >= 11 is 0. The van der Waals surface area contributed by atoms with Crippen molar-refractivity contribution < 1.29 is 19.0 Å². The number of carbonyl (C=O) groups is 1. The van der Waals surface area contributed by atoms with Crippen molar-refractivity contribution in [2.75, 3.05) is 39.8 Å². The normalized spacial score (nSPS) is 23.8. The van der Waals surface area contributed by atoms with Gasteiger partial charge in [-0.3, -0.25) is 4.79 Å². The van der Waals surface area contributed by atoms with Crippen LogP contribution in [0, 0.1) is 0 Å². The number of hydrogen-bond donors (Lipinski definition) is 2. The molecule has 0 unspecified atom stereocenters. The van der Waals surface area contributed by atoms with Gasteiger partial charge in [0.05, 0.1) is 49.0 Å². The molecule has 4 aromatic rings. The van der Waals surface area contributed by atoms with Crippen LogP contribution in [0.3, 0.4) is 0 Å². The lowest BCUT2D eigenvalue weighted by molar-refractivity contribution is 0.00718. The van der Waals surface area contributed by atoms with Crippen molar-refractivity contribution in [1.29, 1.82) is 0 Å². The molecule has 188 valence electrons. The molecule has 2 fully saturated rings. The van der Waals surface area contributed by atoms with Crippen LogP contribution in [-0.4, -0.2) is 82.8 Å². The molecule has 0 bridgehead atoms. The Morgan fingerprint density at radius 2 is 2.00 bits per heavy atom. The quantitative estimate of drug-likeness (QED) is 0.405. The second-order valence-corrected chi connectivity index (χ2v) is 9.21. The minimum Gasteiger partial charge on any atom is -0.385 e. The van der Waals surface area contributed by atoms with Crippen molar-refractivity contribution in [3.05, 3.63) is 42.5 Å². The fourth-order valence-corrected chi connectivity index (χ4v) is 5.15. The topological polar surface area (TPSA) is 117 Å². The first-order chi connectivity index (χ1) is 17.6. The molecule has 1 saturated heterocycles. The van der Waals surface area contributed by atoms with Crippen LogP contribution in [0.25, 0.3) is 27.9 Å². The molecule has 11 nitrogen and oxygen atoms in total. The van der Waals surface area contributed by atoms with E-state index in [0.29, 0.717) is 30.2 Å². The Balaban J connectivity index is 1.45. The van der Waals surface area contributed by atoms with Gasteiger partial charge in [-0.15, -0.1) is 0 Å². The zero-order valence-electron chi connectivity index (χ0n) is 20.5. The fourth-order valence-electron chi connectivity index (χ4n) is 5.15. The van der Waals surface area contributed by atoms with E-state index in [2.05, 4.69) is 25.2 Å². The highest BCUT2D eigenvalue weighted by Crippen LogP contribution is 2.35. The minimum absolute atomic E-state index is 0.000516. The smallest absolute Gasteiger partial charge is 0.271 e. The van der Waals surface area contributed by atoms with Gasteiger partial charge in [0.25, 0.3) is 5.91 Å². The molecule has 4 aromatic heterocycles. The molecule has 2 aliphatic rings. The number of fused-ring (bicyclic) bond motifs is 2. The van der Waals surface area contributed by atoms with Crippen LogP contribution in [0.5, 0.6) is 0 Å². The van der Waals surface area contributed by atoms with Gasteiger partial charge in [0, 0.05) is 44.6 Å². The van der Waals surface area contributed by atoms with Crippen LogP contribution in [0.15, 0.2) is 36.8 Å². The van der Waals surface area contributed by atoms with Gasteiger partial charge in [-0.05, 0) is 31.0 Å². The van der Waals surface area contributed by atoms with Crippen molar-refractivity contribution in [3.8, 4) is 11.3 Å². The molecule has 4 atom stereocenters. The Bertz CT molecular complexity index is 1430. The van der Waals surface area contributed by atoms with Crippen molar-refractivity contribution in [1.82, 2.24) is 29.5 Å². The molecule has 1 aliphatic carbocycles.